The van der Waals surface area contributed by atoms with Crippen LogP contribution in [0.4, 0.5) is 0 Å². The molecule has 0 aromatic rings. The van der Waals surface area contributed by atoms with Gasteiger partial charge in [0.05, 0.1) is 0 Å². The first-order valence-electron chi connectivity index (χ1n) is 6.62. The van der Waals surface area contributed by atoms with Crippen LogP contribution < -0.4 is 0 Å². The molecule has 6 nitrogen and oxygen atoms in total. The van der Waals surface area contributed by atoms with Crippen molar-refractivity contribution in [3.8, 4) is 11.8 Å². The van der Waals surface area contributed by atoms with Crippen LogP contribution in [0.3, 0.4) is 0 Å². The van der Waals surface area contributed by atoms with Crippen molar-refractivity contribution >= 4 is 11.8 Å². The quantitative estimate of drug-likeness (QED) is 0.197. The minimum atomic E-state index is -0.682. The lowest BCUT2D eigenvalue weighted by Gasteiger charge is -2.14. The van der Waals surface area contributed by atoms with Crippen LogP contribution >= 0.6 is 0 Å². The van der Waals surface area contributed by atoms with Crippen LogP contribution in [-0.2, 0) is 14.3 Å². The number of nitro groups is 1. The summed E-state index contributed by atoms with van der Waals surface area (Å²) in [4.78, 5) is 32.6. The number of hydrogen-bond acceptors (Lipinski definition) is 5. The fourth-order valence-electron chi connectivity index (χ4n) is 1.86. The summed E-state index contributed by atoms with van der Waals surface area (Å²) in [5, 5.41) is 10.7. The van der Waals surface area contributed by atoms with Gasteiger partial charge in [0, 0.05) is 30.8 Å². The Kier molecular flexibility index (Phi) is 6.34. The number of Topliss-reactive ketones (excluding diaryl/α,β-unsaturated/α-hetero) is 1. The SMILES string of the molecule is CC(=O)C#C[C@H](C)OC(=O)/C=C/C1=CCCC([N+](=O)[O-])C1. The van der Waals surface area contributed by atoms with E-state index in [-0.39, 0.29) is 10.7 Å². The van der Waals surface area contributed by atoms with Gasteiger partial charge < -0.3 is 4.74 Å². The molecule has 0 radical (unpaired) electrons. The van der Waals surface area contributed by atoms with Gasteiger partial charge in [0.1, 0.15) is 0 Å². The van der Waals surface area contributed by atoms with E-state index in [0.29, 0.717) is 19.3 Å². The minimum absolute atomic E-state index is 0.293. The highest BCUT2D eigenvalue weighted by atomic mass is 16.6. The molecule has 21 heavy (non-hydrogen) atoms. The molecule has 0 heterocycles. The van der Waals surface area contributed by atoms with E-state index in [0.717, 1.165) is 5.57 Å². The van der Waals surface area contributed by atoms with Crippen LogP contribution in [0.25, 0.3) is 0 Å². The van der Waals surface area contributed by atoms with E-state index < -0.39 is 18.1 Å². The molecule has 0 amide bonds. The molecule has 1 rings (SSSR count). The molecule has 0 aromatic carbocycles. The number of ether oxygens (including phenoxy) is 1. The van der Waals surface area contributed by atoms with Crippen molar-refractivity contribution in [2.24, 2.45) is 0 Å². The second-order valence-electron chi connectivity index (χ2n) is 4.74. The van der Waals surface area contributed by atoms with Crippen molar-refractivity contribution in [1.82, 2.24) is 0 Å². The fourth-order valence-corrected chi connectivity index (χ4v) is 1.86. The molecule has 1 aliphatic carbocycles. The summed E-state index contributed by atoms with van der Waals surface area (Å²) < 4.78 is 4.95. The van der Waals surface area contributed by atoms with Crippen LogP contribution in [0.5, 0.6) is 0 Å². The first-order valence-corrected chi connectivity index (χ1v) is 6.62. The molecule has 112 valence electrons. The van der Waals surface area contributed by atoms with Crippen LogP contribution in [-0.4, -0.2) is 28.8 Å². The molecule has 0 aromatic heterocycles. The molecule has 0 saturated heterocycles. The summed E-state index contributed by atoms with van der Waals surface area (Å²) in [5.74, 6) is 3.90. The summed E-state index contributed by atoms with van der Waals surface area (Å²) in [5.41, 5.74) is 0.752. The standard InChI is InChI=1S/C15H17NO5/c1-11(17)6-7-12(2)21-15(18)9-8-13-4-3-5-14(10-13)16(19)20/h4,8-9,12,14H,3,5,10H2,1-2H3/b9-8+/t12-,14?/m0/s1. The van der Waals surface area contributed by atoms with Gasteiger partial charge in [-0.2, -0.15) is 0 Å². The molecule has 0 N–H and O–H groups in total. The van der Waals surface area contributed by atoms with E-state index in [4.69, 9.17) is 4.74 Å². The van der Waals surface area contributed by atoms with Crippen LogP contribution in [0, 0.1) is 22.0 Å². The highest BCUT2D eigenvalue weighted by Crippen LogP contribution is 2.21. The molecule has 1 unspecified atom stereocenters. The summed E-state index contributed by atoms with van der Waals surface area (Å²) in [6.07, 6.45) is 5.41. The first-order chi connectivity index (χ1) is 9.88. The maximum absolute atomic E-state index is 11.5. The Morgan fingerprint density at radius 3 is 2.90 bits per heavy atom. The smallest absolute Gasteiger partial charge is 0.331 e. The normalized spacial score (nSPS) is 19.1. The number of carbonyl (C=O) groups is 2. The Hall–Kier alpha value is -2.42. The Morgan fingerprint density at radius 2 is 2.29 bits per heavy atom. The van der Waals surface area contributed by atoms with Gasteiger partial charge in [0.25, 0.3) is 0 Å². The van der Waals surface area contributed by atoms with Crippen LogP contribution in [0.15, 0.2) is 23.8 Å². The highest BCUT2D eigenvalue weighted by Gasteiger charge is 2.23. The van der Waals surface area contributed by atoms with Crippen molar-refractivity contribution in [3.05, 3.63) is 33.9 Å². The van der Waals surface area contributed by atoms with Gasteiger partial charge in [-0.25, -0.2) is 4.79 Å². The zero-order valence-electron chi connectivity index (χ0n) is 12.0. The maximum atomic E-state index is 11.5. The Morgan fingerprint density at radius 1 is 1.57 bits per heavy atom. The number of allylic oxidation sites excluding steroid dienone is 2. The van der Waals surface area contributed by atoms with Crippen molar-refractivity contribution in [3.63, 3.8) is 0 Å². The Bertz CT molecular complexity index is 550. The van der Waals surface area contributed by atoms with Gasteiger partial charge in [0.15, 0.2) is 6.10 Å². The van der Waals surface area contributed by atoms with Crippen LogP contribution in [0.1, 0.15) is 33.1 Å². The zero-order valence-corrected chi connectivity index (χ0v) is 12.0. The molecule has 0 aliphatic heterocycles. The van der Waals surface area contributed by atoms with E-state index in [9.17, 15) is 19.7 Å². The van der Waals surface area contributed by atoms with E-state index >= 15 is 0 Å². The Labute approximate surface area is 123 Å². The number of nitrogens with zero attached hydrogens (tertiary/aromatic N) is 1. The third-order valence-corrected chi connectivity index (χ3v) is 2.85. The van der Waals surface area contributed by atoms with Gasteiger partial charge in [-0.05, 0) is 24.8 Å². The fraction of sp³-hybridized carbons (Fsp3) is 0.467. The van der Waals surface area contributed by atoms with Gasteiger partial charge in [0.2, 0.25) is 11.8 Å². The Balaban J connectivity index is 2.51. The van der Waals surface area contributed by atoms with Gasteiger partial charge in [-0.1, -0.05) is 18.1 Å². The average molecular weight is 291 g/mol. The molecule has 1 aliphatic rings. The summed E-state index contributed by atoms with van der Waals surface area (Å²) in [6.45, 7) is 2.88. The van der Waals surface area contributed by atoms with Gasteiger partial charge >= 0.3 is 5.97 Å². The van der Waals surface area contributed by atoms with Crippen molar-refractivity contribution in [2.45, 2.75) is 45.3 Å². The van der Waals surface area contributed by atoms with Gasteiger partial charge in [-0.3, -0.25) is 14.9 Å². The molecular weight excluding hydrogens is 274 g/mol. The lowest BCUT2D eigenvalue weighted by Crippen LogP contribution is -2.22. The van der Waals surface area contributed by atoms with Crippen molar-refractivity contribution < 1.29 is 19.2 Å². The third-order valence-electron chi connectivity index (χ3n) is 2.85. The van der Waals surface area contributed by atoms with Gasteiger partial charge in [-0.15, -0.1) is 0 Å². The largest absolute Gasteiger partial charge is 0.446 e. The first kappa shape index (κ1) is 16.6. The molecular formula is C15H17NO5. The van der Waals surface area contributed by atoms with E-state index in [1.54, 1.807) is 6.92 Å². The van der Waals surface area contributed by atoms with E-state index in [1.165, 1.54) is 19.1 Å². The number of esters is 1. The summed E-state index contributed by atoms with van der Waals surface area (Å²) in [6, 6.07) is -0.592. The predicted octanol–water partition coefficient (Wildman–Crippen LogP) is 1.82. The maximum Gasteiger partial charge on any atom is 0.331 e. The summed E-state index contributed by atoms with van der Waals surface area (Å²) in [7, 11) is 0. The lowest BCUT2D eigenvalue weighted by molar-refractivity contribution is -0.523. The molecule has 6 heteroatoms. The number of rotatable bonds is 4. The lowest BCUT2D eigenvalue weighted by atomic mass is 9.95. The topological polar surface area (TPSA) is 86.5 Å². The predicted molar refractivity (Wildman–Crippen MR) is 75.9 cm³/mol. The number of ketones is 1. The van der Waals surface area contributed by atoms with Crippen LogP contribution in [0.2, 0.25) is 0 Å². The number of hydrogen-bond donors (Lipinski definition) is 0. The highest BCUT2D eigenvalue weighted by molar-refractivity contribution is 5.93. The zero-order chi connectivity index (χ0) is 15.8. The second kappa shape index (κ2) is 8.00. The second-order valence-corrected chi connectivity index (χ2v) is 4.74. The molecule has 0 spiro atoms. The molecule has 0 bridgehead atoms. The van der Waals surface area contributed by atoms with Crippen molar-refractivity contribution in [2.75, 3.05) is 0 Å². The number of carbonyl (C=O) groups excluding carboxylic acids is 2. The minimum Gasteiger partial charge on any atom is -0.446 e. The molecule has 0 saturated carbocycles. The van der Waals surface area contributed by atoms with Crippen molar-refractivity contribution in [1.29, 1.82) is 0 Å². The van der Waals surface area contributed by atoms with E-state index in [2.05, 4.69) is 11.8 Å². The average Bonchev–Trinajstić information content (AvgIpc) is 2.43. The molecule has 0 fully saturated rings. The third kappa shape index (κ3) is 6.52. The molecule has 2 atom stereocenters. The summed E-state index contributed by atoms with van der Waals surface area (Å²) >= 11 is 0. The van der Waals surface area contributed by atoms with E-state index in [1.807, 2.05) is 6.08 Å². The monoisotopic (exact) mass is 291 g/mol.